The predicted octanol–water partition coefficient (Wildman–Crippen LogP) is 1.17. The van der Waals surface area contributed by atoms with Gasteiger partial charge in [0.2, 0.25) is 0 Å². The van der Waals surface area contributed by atoms with Crippen LogP contribution in [0.4, 0.5) is 0 Å². The number of phenols is 1. The van der Waals surface area contributed by atoms with Crippen molar-refractivity contribution in [2.75, 3.05) is 0 Å². The minimum atomic E-state index is 0.158. The Hall–Kier alpha value is -1.42. The molecule has 1 N–H and O–H groups in total. The molecule has 0 saturated heterocycles. The molecule has 0 aliphatic rings. The van der Waals surface area contributed by atoms with Crippen LogP contribution in [0, 0.1) is 18.4 Å². The lowest BCUT2D eigenvalue weighted by Gasteiger charge is -1.88. The lowest BCUT2D eigenvalue weighted by atomic mass is 10.2. The Morgan fingerprint density at radius 3 is 2.78 bits per heavy atom. The molecule has 0 spiro atoms. The molecule has 0 unspecified atom stereocenters. The summed E-state index contributed by atoms with van der Waals surface area (Å²) < 4.78 is 0. The van der Waals surface area contributed by atoms with Crippen molar-refractivity contribution in [2.24, 2.45) is 0 Å². The van der Waals surface area contributed by atoms with Gasteiger partial charge in [-0.25, -0.2) is 0 Å². The topological polar surface area (TPSA) is 20.2 Å². The van der Waals surface area contributed by atoms with Gasteiger partial charge < -0.3 is 5.11 Å². The molecule has 0 bridgehead atoms. The van der Waals surface area contributed by atoms with Gasteiger partial charge in [-0.3, -0.25) is 0 Å². The zero-order valence-electron chi connectivity index (χ0n) is 4.76. The second-order valence-electron chi connectivity index (χ2n) is 1.62. The fourth-order valence-corrected chi connectivity index (χ4v) is 0.543. The van der Waals surface area contributed by atoms with Crippen molar-refractivity contribution in [1.82, 2.24) is 0 Å². The summed E-state index contributed by atoms with van der Waals surface area (Å²) in [6.07, 6.45) is 5.04. The largest absolute Gasteiger partial charge is 0.508 e. The molecule has 0 aliphatic carbocycles. The first-order valence-electron chi connectivity index (χ1n) is 2.49. The van der Waals surface area contributed by atoms with Gasteiger partial charge in [-0.15, -0.1) is 6.42 Å². The average molecular weight is 117 g/mol. The van der Waals surface area contributed by atoms with Crippen LogP contribution in [0.1, 0.15) is 5.56 Å². The van der Waals surface area contributed by atoms with E-state index in [-0.39, 0.29) is 5.75 Å². The van der Waals surface area contributed by atoms with E-state index in [9.17, 15) is 0 Å². The summed E-state index contributed by atoms with van der Waals surface area (Å²) in [5.74, 6) is 2.53. The van der Waals surface area contributed by atoms with Gasteiger partial charge in [0.05, 0.1) is 0 Å². The third kappa shape index (κ3) is 1.23. The van der Waals surface area contributed by atoms with E-state index in [1.165, 1.54) is 12.1 Å². The van der Waals surface area contributed by atoms with Gasteiger partial charge in [0.25, 0.3) is 0 Å². The Balaban J connectivity index is 3.12. The maximum Gasteiger partial charge on any atom is 0.117 e. The summed E-state index contributed by atoms with van der Waals surface area (Å²) in [6, 6.07) is 7.30. The van der Waals surface area contributed by atoms with Crippen molar-refractivity contribution < 1.29 is 5.11 Å². The molecule has 1 heteroatoms. The molecular weight excluding hydrogens is 112 g/mol. The van der Waals surface area contributed by atoms with Crippen LogP contribution in [0.5, 0.6) is 5.75 Å². The molecule has 0 saturated carbocycles. The Morgan fingerprint density at radius 1 is 1.56 bits per heavy atom. The third-order valence-corrected chi connectivity index (χ3v) is 0.940. The SMILES string of the molecule is C#Cc1c[c]cc(O)c1. The first-order chi connectivity index (χ1) is 4.33. The highest BCUT2D eigenvalue weighted by atomic mass is 16.3. The minimum absolute atomic E-state index is 0.158. The molecule has 0 heterocycles. The van der Waals surface area contributed by atoms with Crippen LogP contribution in [0.25, 0.3) is 0 Å². The first kappa shape index (κ1) is 5.71. The molecule has 1 aromatic rings. The van der Waals surface area contributed by atoms with Crippen LogP contribution >= 0.6 is 0 Å². The summed E-state index contributed by atoms with van der Waals surface area (Å²) in [5.41, 5.74) is 0.648. The molecule has 0 fully saturated rings. The van der Waals surface area contributed by atoms with E-state index < -0.39 is 0 Å². The molecule has 1 aromatic carbocycles. The number of terminal acetylenes is 1. The Morgan fingerprint density at radius 2 is 2.33 bits per heavy atom. The lowest BCUT2D eigenvalue weighted by Crippen LogP contribution is -1.70. The van der Waals surface area contributed by atoms with Crippen LogP contribution < -0.4 is 0 Å². The summed E-state index contributed by atoms with van der Waals surface area (Å²) in [4.78, 5) is 0. The van der Waals surface area contributed by atoms with Gasteiger partial charge in [-0.1, -0.05) is 5.92 Å². The summed E-state index contributed by atoms with van der Waals surface area (Å²) >= 11 is 0. The molecule has 1 nitrogen and oxygen atoms in total. The average Bonchev–Trinajstić information content (AvgIpc) is 1.88. The number of aromatic hydroxyl groups is 1. The zero-order valence-corrected chi connectivity index (χ0v) is 4.76. The van der Waals surface area contributed by atoms with Crippen molar-refractivity contribution >= 4 is 0 Å². The molecule has 43 valence electrons. The second-order valence-corrected chi connectivity index (χ2v) is 1.62. The van der Waals surface area contributed by atoms with Crippen LogP contribution in [-0.4, -0.2) is 5.11 Å². The summed E-state index contributed by atoms with van der Waals surface area (Å²) in [6.45, 7) is 0. The minimum Gasteiger partial charge on any atom is -0.508 e. The Kier molecular flexibility index (Phi) is 1.42. The second kappa shape index (κ2) is 2.23. The zero-order chi connectivity index (χ0) is 6.69. The van der Waals surface area contributed by atoms with Gasteiger partial charge in [-0.2, -0.15) is 0 Å². The smallest absolute Gasteiger partial charge is 0.117 e. The number of hydrogen-bond donors (Lipinski definition) is 1. The van der Waals surface area contributed by atoms with Crippen LogP contribution in [-0.2, 0) is 0 Å². The standard InChI is InChI=1S/C8H5O/c1-2-7-4-3-5-8(9)6-7/h1,4-6,9H. The first-order valence-corrected chi connectivity index (χ1v) is 2.49. The van der Waals surface area contributed by atoms with Gasteiger partial charge in [0.1, 0.15) is 5.75 Å². The summed E-state index contributed by atoms with van der Waals surface area (Å²) in [5, 5.41) is 8.82. The molecular formula is C8H5O. The number of hydrogen-bond acceptors (Lipinski definition) is 1. The van der Waals surface area contributed by atoms with Crippen molar-refractivity contribution in [3.63, 3.8) is 0 Å². The molecule has 1 rings (SSSR count). The fourth-order valence-electron chi connectivity index (χ4n) is 0.543. The van der Waals surface area contributed by atoms with Gasteiger partial charge in [0.15, 0.2) is 0 Å². The van der Waals surface area contributed by atoms with Crippen LogP contribution in [0.3, 0.4) is 0 Å². The normalized spacial score (nSPS) is 8.33. The third-order valence-electron chi connectivity index (χ3n) is 0.940. The number of benzene rings is 1. The molecule has 0 aliphatic heterocycles. The number of phenolic OH excluding ortho intramolecular Hbond substituents is 1. The maximum absolute atomic E-state index is 8.82. The van der Waals surface area contributed by atoms with E-state index in [1.54, 1.807) is 6.07 Å². The van der Waals surface area contributed by atoms with Gasteiger partial charge in [0, 0.05) is 5.56 Å². The monoisotopic (exact) mass is 117 g/mol. The van der Waals surface area contributed by atoms with Crippen LogP contribution in [0.15, 0.2) is 18.2 Å². The molecule has 0 aromatic heterocycles. The van der Waals surface area contributed by atoms with E-state index in [0.717, 1.165) is 0 Å². The number of rotatable bonds is 0. The van der Waals surface area contributed by atoms with E-state index in [2.05, 4.69) is 12.0 Å². The Labute approximate surface area is 54.0 Å². The maximum atomic E-state index is 8.82. The highest BCUT2D eigenvalue weighted by Crippen LogP contribution is 2.08. The van der Waals surface area contributed by atoms with E-state index in [1.807, 2.05) is 0 Å². The lowest BCUT2D eigenvalue weighted by molar-refractivity contribution is 0.475. The van der Waals surface area contributed by atoms with E-state index >= 15 is 0 Å². The van der Waals surface area contributed by atoms with Crippen molar-refractivity contribution in [2.45, 2.75) is 0 Å². The van der Waals surface area contributed by atoms with Crippen molar-refractivity contribution in [3.8, 4) is 18.1 Å². The molecule has 1 radical (unpaired) electrons. The predicted molar refractivity (Wildman–Crippen MR) is 34.9 cm³/mol. The van der Waals surface area contributed by atoms with Crippen LogP contribution in [0.2, 0.25) is 0 Å². The molecule has 0 amide bonds. The van der Waals surface area contributed by atoms with Crippen molar-refractivity contribution in [1.29, 1.82) is 0 Å². The molecule has 0 atom stereocenters. The Bertz CT molecular complexity index is 245. The van der Waals surface area contributed by atoms with Gasteiger partial charge in [-0.05, 0) is 24.3 Å². The van der Waals surface area contributed by atoms with Gasteiger partial charge >= 0.3 is 0 Å². The van der Waals surface area contributed by atoms with E-state index in [0.29, 0.717) is 5.56 Å². The van der Waals surface area contributed by atoms with Crippen molar-refractivity contribution in [3.05, 3.63) is 29.8 Å². The fraction of sp³-hybridized carbons (Fsp3) is 0. The quantitative estimate of drug-likeness (QED) is 0.506. The highest BCUT2D eigenvalue weighted by Gasteiger charge is 1.86. The molecule has 9 heavy (non-hydrogen) atoms. The van der Waals surface area contributed by atoms with E-state index in [4.69, 9.17) is 11.5 Å². The summed E-state index contributed by atoms with van der Waals surface area (Å²) in [7, 11) is 0. The highest BCUT2D eigenvalue weighted by molar-refractivity contribution is 5.36.